The van der Waals surface area contributed by atoms with Crippen LogP contribution in [0.5, 0.6) is 0 Å². The number of imidazole rings is 1. The monoisotopic (exact) mass is 379 g/mol. The maximum absolute atomic E-state index is 14.0. The standard InChI is InChI=1S/C18H18FN9/c1-2-28-15(13-6-7-22-17(21)25-13)24-14-9-23-18(27-16(14)28)26-12-5-3-4-11(19)10(12)8-20/h3-7,9H,2,8,20H2,1H3,(H2,21,22,25)(H,23,26,27). The molecule has 5 N–H and O–H groups in total. The molecule has 1 aromatic carbocycles. The number of nitrogen functional groups attached to an aromatic ring is 1. The van der Waals surface area contributed by atoms with Gasteiger partial charge in [-0.15, -0.1) is 0 Å². The Labute approximate surface area is 159 Å². The van der Waals surface area contributed by atoms with Crippen LogP contribution in [0.25, 0.3) is 22.7 Å². The van der Waals surface area contributed by atoms with Crippen LogP contribution >= 0.6 is 0 Å². The summed E-state index contributed by atoms with van der Waals surface area (Å²) in [6.45, 7) is 2.65. The van der Waals surface area contributed by atoms with Crippen molar-refractivity contribution in [3.05, 3.63) is 48.0 Å². The number of aromatic nitrogens is 6. The molecule has 10 heteroatoms. The number of benzene rings is 1. The van der Waals surface area contributed by atoms with E-state index >= 15 is 0 Å². The number of fused-ring (bicyclic) bond motifs is 1. The lowest BCUT2D eigenvalue weighted by molar-refractivity contribution is 0.611. The lowest BCUT2D eigenvalue weighted by Crippen LogP contribution is -2.07. The Hall–Kier alpha value is -3.66. The van der Waals surface area contributed by atoms with Crippen molar-refractivity contribution in [2.75, 3.05) is 11.1 Å². The smallest absolute Gasteiger partial charge is 0.229 e. The van der Waals surface area contributed by atoms with Crippen molar-refractivity contribution in [3.63, 3.8) is 0 Å². The molecule has 0 atom stereocenters. The summed E-state index contributed by atoms with van der Waals surface area (Å²) in [5.41, 5.74) is 14.1. The molecule has 0 saturated heterocycles. The summed E-state index contributed by atoms with van der Waals surface area (Å²) >= 11 is 0. The lowest BCUT2D eigenvalue weighted by Gasteiger charge is -2.10. The maximum atomic E-state index is 14.0. The number of aryl methyl sites for hydroxylation is 1. The highest BCUT2D eigenvalue weighted by atomic mass is 19.1. The summed E-state index contributed by atoms with van der Waals surface area (Å²) in [6.07, 6.45) is 3.18. The van der Waals surface area contributed by atoms with E-state index in [0.717, 1.165) is 0 Å². The quantitative estimate of drug-likeness (QED) is 0.481. The van der Waals surface area contributed by atoms with Gasteiger partial charge in [0.1, 0.15) is 17.0 Å². The number of nitrogens with one attached hydrogen (secondary N) is 1. The summed E-state index contributed by atoms with van der Waals surface area (Å²) in [4.78, 5) is 21.6. The Kier molecular flexibility index (Phi) is 4.53. The Morgan fingerprint density at radius 1 is 1.14 bits per heavy atom. The molecule has 0 aliphatic rings. The van der Waals surface area contributed by atoms with E-state index in [2.05, 4.69) is 30.2 Å². The van der Waals surface area contributed by atoms with Crippen LogP contribution in [0, 0.1) is 5.82 Å². The molecule has 0 unspecified atom stereocenters. The predicted molar refractivity (Wildman–Crippen MR) is 104 cm³/mol. The minimum absolute atomic E-state index is 0.0590. The SMILES string of the molecule is CCn1c(-c2ccnc(N)n2)nc2cnc(Nc3cccc(F)c3CN)nc21. The van der Waals surface area contributed by atoms with Gasteiger partial charge in [0.15, 0.2) is 11.5 Å². The van der Waals surface area contributed by atoms with Crippen LogP contribution in [0.2, 0.25) is 0 Å². The number of nitrogens with zero attached hydrogens (tertiary/aromatic N) is 6. The van der Waals surface area contributed by atoms with Crippen LogP contribution in [-0.2, 0) is 13.1 Å². The van der Waals surface area contributed by atoms with Gasteiger partial charge in [-0.2, -0.15) is 4.98 Å². The van der Waals surface area contributed by atoms with Gasteiger partial charge in [-0.1, -0.05) is 6.07 Å². The number of hydrogen-bond acceptors (Lipinski definition) is 8. The molecule has 28 heavy (non-hydrogen) atoms. The first-order valence-electron chi connectivity index (χ1n) is 8.67. The maximum Gasteiger partial charge on any atom is 0.229 e. The van der Waals surface area contributed by atoms with E-state index in [1.807, 2.05) is 11.5 Å². The van der Waals surface area contributed by atoms with Crippen LogP contribution in [0.4, 0.5) is 22.0 Å². The van der Waals surface area contributed by atoms with Crippen LogP contribution in [-0.4, -0.2) is 29.5 Å². The van der Waals surface area contributed by atoms with Crippen molar-refractivity contribution in [1.82, 2.24) is 29.5 Å². The molecule has 9 nitrogen and oxygen atoms in total. The molecule has 0 saturated carbocycles. The van der Waals surface area contributed by atoms with E-state index in [1.165, 1.54) is 6.07 Å². The lowest BCUT2D eigenvalue weighted by atomic mass is 10.1. The van der Waals surface area contributed by atoms with Gasteiger partial charge < -0.3 is 21.4 Å². The van der Waals surface area contributed by atoms with Crippen LogP contribution < -0.4 is 16.8 Å². The Morgan fingerprint density at radius 2 is 2.00 bits per heavy atom. The summed E-state index contributed by atoms with van der Waals surface area (Å²) < 4.78 is 15.9. The third-order valence-electron chi connectivity index (χ3n) is 4.28. The number of anilines is 3. The van der Waals surface area contributed by atoms with Crippen molar-refractivity contribution >= 4 is 28.7 Å². The molecule has 0 spiro atoms. The summed E-state index contributed by atoms with van der Waals surface area (Å²) in [7, 11) is 0. The molecular formula is C18H18FN9. The van der Waals surface area contributed by atoms with Crippen LogP contribution in [0.1, 0.15) is 12.5 Å². The Morgan fingerprint density at radius 3 is 2.75 bits per heavy atom. The molecule has 0 radical (unpaired) electrons. The Bertz CT molecular complexity index is 1160. The molecule has 0 aliphatic carbocycles. The highest BCUT2D eigenvalue weighted by molar-refractivity contribution is 5.77. The largest absolute Gasteiger partial charge is 0.368 e. The highest BCUT2D eigenvalue weighted by Gasteiger charge is 2.16. The first-order chi connectivity index (χ1) is 13.6. The number of nitrogens with two attached hydrogens (primary N) is 2. The van der Waals surface area contributed by atoms with E-state index in [1.54, 1.807) is 30.6 Å². The van der Waals surface area contributed by atoms with Gasteiger partial charge in [-0.3, -0.25) is 0 Å². The fourth-order valence-corrected chi connectivity index (χ4v) is 2.98. The van der Waals surface area contributed by atoms with Crippen molar-refractivity contribution in [2.24, 2.45) is 5.73 Å². The number of hydrogen-bond donors (Lipinski definition) is 3. The highest BCUT2D eigenvalue weighted by Crippen LogP contribution is 2.25. The third kappa shape index (κ3) is 3.09. The first-order valence-corrected chi connectivity index (χ1v) is 8.67. The van der Waals surface area contributed by atoms with Gasteiger partial charge in [0.05, 0.1) is 6.20 Å². The minimum atomic E-state index is -0.379. The van der Waals surface area contributed by atoms with Crippen molar-refractivity contribution in [1.29, 1.82) is 0 Å². The molecule has 3 aromatic heterocycles. The normalized spacial score (nSPS) is 11.1. The van der Waals surface area contributed by atoms with Crippen molar-refractivity contribution < 1.29 is 4.39 Å². The van der Waals surface area contributed by atoms with Crippen LogP contribution in [0.15, 0.2) is 36.7 Å². The van der Waals surface area contributed by atoms with E-state index in [0.29, 0.717) is 46.4 Å². The van der Waals surface area contributed by atoms with E-state index in [-0.39, 0.29) is 18.3 Å². The topological polar surface area (TPSA) is 133 Å². The predicted octanol–water partition coefficient (Wildman–Crippen LogP) is 2.23. The summed E-state index contributed by atoms with van der Waals surface area (Å²) in [6, 6.07) is 6.42. The molecule has 0 bridgehead atoms. The molecule has 142 valence electrons. The van der Waals surface area contributed by atoms with Gasteiger partial charge >= 0.3 is 0 Å². The van der Waals surface area contributed by atoms with Crippen LogP contribution in [0.3, 0.4) is 0 Å². The van der Waals surface area contributed by atoms with Gasteiger partial charge in [0.25, 0.3) is 0 Å². The van der Waals surface area contributed by atoms with Gasteiger partial charge in [0.2, 0.25) is 11.9 Å². The first kappa shape index (κ1) is 17.7. The molecular weight excluding hydrogens is 361 g/mol. The second-order valence-corrected chi connectivity index (χ2v) is 5.98. The molecule has 3 heterocycles. The second-order valence-electron chi connectivity index (χ2n) is 5.98. The zero-order chi connectivity index (χ0) is 19.7. The van der Waals surface area contributed by atoms with Crippen molar-refractivity contribution in [2.45, 2.75) is 20.0 Å². The van der Waals surface area contributed by atoms with Gasteiger partial charge in [-0.25, -0.2) is 24.3 Å². The average molecular weight is 379 g/mol. The second kappa shape index (κ2) is 7.16. The third-order valence-corrected chi connectivity index (χ3v) is 4.28. The van der Waals surface area contributed by atoms with Gasteiger partial charge in [-0.05, 0) is 25.1 Å². The molecule has 4 rings (SSSR count). The molecule has 0 fully saturated rings. The molecule has 0 amide bonds. The van der Waals surface area contributed by atoms with E-state index in [9.17, 15) is 4.39 Å². The summed E-state index contributed by atoms with van der Waals surface area (Å²) in [5.74, 6) is 0.722. The fraction of sp³-hybridized carbons (Fsp3) is 0.167. The average Bonchev–Trinajstić information content (AvgIpc) is 3.06. The fourth-order valence-electron chi connectivity index (χ4n) is 2.98. The summed E-state index contributed by atoms with van der Waals surface area (Å²) in [5, 5.41) is 3.04. The zero-order valence-electron chi connectivity index (χ0n) is 15.1. The van der Waals surface area contributed by atoms with Crippen molar-refractivity contribution in [3.8, 4) is 11.5 Å². The number of rotatable bonds is 5. The zero-order valence-corrected chi connectivity index (χ0v) is 15.1. The van der Waals surface area contributed by atoms with E-state index in [4.69, 9.17) is 11.5 Å². The minimum Gasteiger partial charge on any atom is -0.368 e. The van der Waals surface area contributed by atoms with Gasteiger partial charge in [0, 0.05) is 30.5 Å². The van der Waals surface area contributed by atoms with E-state index < -0.39 is 0 Å². The molecule has 0 aliphatic heterocycles. The Balaban J connectivity index is 1.78. The molecule has 4 aromatic rings. The number of halogens is 1.